The van der Waals surface area contributed by atoms with Crippen LogP contribution in [0, 0.1) is 5.41 Å². The number of rotatable bonds is 7. The van der Waals surface area contributed by atoms with Gasteiger partial charge in [-0.1, -0.05) is 36.4 Å². The number of hydrogen-bond acceptors (Lipinski definition) is 5. The maximum absolute atomic E-state index is 12.9. The molecule has 3 aromatic rings. The molecule has 0 fully saturated rings. The number of halogens is 1. The van der Waals surface area contributed by atoms with E-state index >= 15 is 0 Å². The van der Waals surface area contributed by atoms with Gasteiger partial charge in [-0.25, -0.2) is 0 Å². The van der Waals surface area contributed by atoms with E-state index in [-0.39, 0.29) is 40.6 Å². The Morgan fingerprint density at radius 1 is 1.10 bits per heavy atom. The molecule has 0 aliphatic rings. The number of carbonyl (C=O) groups excluding carboxylic acids is 2. The van der Waals surface area contributed by atoms with E-state index in [4.69, 9.17) is 22.7 Å². The van der Waals surface area contributed by atoms with Crippen LogP contribution < -0.4 is 11.1 Å². The van der Waals surface area contributed by atoms with Crippen LogP contribution in [0.1, 0.15) is 38.4 Å². The van der Waals surface area contributed by atoms with E-state index in [1.54, 1.807) is 12.1 Å². The van der Waals surface area contributed by atoms with Gasteiger partial charge in [0.25, 0.3) is 5.91 Å². The lowest BCUT2D eigenvalue weighted by molar-refractivity contribution is 0.0999. The Kier molecular flexibility index (Phi) is 6.47. The van der Waals surface area contributed by atoms with Gasteiger partial charge in [0.15, 0.2) is 5.78 Å². The first-order valence-electron chi connectivity index (χ1n) is 9.17. The Bertz CT molecular complexity index is 1170. The average molecular weight is 435 g/mol. The van der Waals surface area contributed by atoms with Crippen LogP contribution in [0.5, 0.6) is 5.75 Å². The molecule has 1 heterocycles. The second kappa shape index (κ2) is 9.23. The summed E-state index contributed by atoms with van der Waals surface area (Å²) in [4.78, 5) is 29.7. The Hall–Kier alpha value is -3.97. The number of nitrogens with one attached hydrogen (secondary N) is 2. The number of pyridine rings is 1. The number of Topliss-reactive ketones (excluding diaryl/α,β-unsaturated/α-hetero) is 1. The van der Waals surface area contributed by atoms with E-state index < -0.39 is 5.91 Å². The smallest absolute Gasteiger partial charge is 0.255 e. The average Bonchev–Trinajstić information content (AvgIpc) is 2.75. The Morgan fingerprint density at radius 3 is 2.39 bits per heavy atom. The van der Waals surface area contributed by atoms with Crippen molar-refractivity contribution in [1.82, 2.24) is 4.98 Å². The zero-order valence-electron chi connectivity index (χ0n) is 16.4. The second-order valence-corrected chi connectivity index (χ2v) is 7.15. The predicted octanol–water partition coefficient (Wildman–Crippen LogP) is 4.26. The third kappa shape index (κ3) is 5.15. The molecule has 0 saturated heterocycles. The van der Waals surface area contributed by atoms with E-state index in [1.165, 1.54) is 48.7 Å². The van der Waals surface area contributed by atoms with E-state index in [2.05, 4.69) is 16.9 Å². The maximum Gasteiger partial charge on any atom is 0.255 e. The van der Waals surface area contributed by atoms with Gasteiger partial charge in [0, 0.05) is 29.3 Å². The van der Waals surface area contributed by atoms with Crippen LogP contribution >= 0.6 is 11.6 Å². The van der Waals surface area contributed by atoms with Crippen LogP contribution in [0.15, 0.2) is 67.4 Å². The summed E-state index contributed by atoms with van der Waals surface area (Å²) >= 11 is 5.84. The van der Waals surface area contributed by atoms with Crippen molar-refractivity contribution in [1.29, 1.82) is 5.41 Å². The number of aromatic nitrogens is 1. The lowest BCUT2D eigenvalue weighted by atomic mass is 9.99. The number of nitrogen functional groups attached to an aromatic ring is 1. The van der Waals surface area contributed by atoms with Gasteiger partial charge in [-0.2, -0.15) is 0 Å². The topological polar surface area (TPSA) is 129 Å². The number of benzene rings is 2. The number of ketones is 1. The number of nitrogens with zero attached hydrogens (tertiary/aromatic N) is 1. The van der Waals surface area contributed by atoms with Crippen molar-refractivity contribution in [2.24, 2.45) is 5.73 Å². The zero-order valence-corrected chi connectivity index (χ0v) is 17.1. The first-order valence-corrected chi connectivity index (χ1v) is 9.54. The lowest BCUT2D eigenvalue weighted by Gasteiger charge is -2.13. The third-order valence-electron chi connectivity index (χ3n) is 4.50. The summed E-state index contributed by atoms with van der Waals surface area (Å²) in [7, 11) is 0. The van der Waals surface area contributed by atoms with Gasteiger partial charge in [-0.05, 0) is 42.0 Å². The minimum absolute atomic E-state index is 0.00464. The summed E-state index contributed by atoms with van der Waals surface area (Å²) in [6, 6.07) is 13.8. The molecular formula is C23H19ClN4O3. The highest BCUT2D eigenvalue weighted by atomic mass is 35.5. The van der Waals surface area contributed by atoms with Crippen LogP contribution in [0.4, 0.5) is 5.69 Å². The van der Waals surface area contributed by atoms with Crippen LogP contribution in [0.3, 0.4) is 0 Å². The number of aromatic hydroxyl groups is 1. The number of anilines is 1. The van der Waals surface area contributed by atoms with Crippen molar-refractivity contribution in [2.45, 2.75) is 6.42 Å². The summed E-state index contributed by atoms with van der Waals surface area (Å²) in [5.74, 6) is -1.23. The number of amidine groups is 1. The summed E-state index contributed by atoms with van der Waals surface area (Å²) in [5.41, 5.74) is 7.32. The monoisotopic (exact) mass is 434 g/mol. The maximum atomic E-state index is 12.9. The number of phenolic OH excluding ortho intramolecular Hbond substituents is 1. The van der Waals surface area contributed by atoms with Crippen molar-refractivity contribution in [3.8, 4) is 5.75 Å². The van der Waals surface area contributed by atoms with Crippen LogP contribution in [-0.4, -0.2) is 27.6 Å². The molecule has 0 atom stereocenters. The number of nitrogens with two attached hydrogens (primary N) is 1. The molecule has 5 N–H and O–H groups in total. The van der Waals surface area contributed by atoms with Crippen molar-refractivity contribution < 1.29 is 14.7 Å². The summed E-state index contributed by atoms with van der Waals surface area (Å²) in [6.07, 6.45) is 1.40. The van der Waals surface area contributed by atoms with Gasteiger partial charge >= 0.3 is 0 Å². The number of hydrogen-bond donors (Lipinski definition) is 4. The lowest BCUT2D eigenvalue weighted by Crippen LogP contribution is -2.16. The molecule has 31 heavy (non-hydrogen) atoms. The van der Waals surface area contributed by atoms with Crippen molar-refractivity contribution in [2.75, 3.05) is 5.32 Å². The number of para-hydroxylation sites is 1. The largest absolute Gasteiger partial charge is 0.506 e. The summed E-state index contributed by atoms with van der Waals surface area (Å²) in [6.45, 7) is 3.90. The molecule has 1 aromatic heterocycles. The molecule has 8 heteroatoms. The fraction of sp³-hybridized carbons (Fsp3) is 0.0435. The molecule has 1 amide bonds. The molecule has 2 aromatic carbocycles. The second-order valence-electron chi connectivity index (χ2n) is 6.71. The molecule has 0 bridgehead atoms. The molecule has 0 unspecified atom stereocenters. The fourth-order valence-corrected chi connectivity index (χ4v) is 2.97. The fourth-order valence-electron chi connectivity index (χ4n) is 2.86. The molecule has 7 nitrogen and oxygen atoms in total. The van der Waals surface area contributed by atoms with Crippen LogP contribution in [-0.2, 0) is 0 Å². The minimum atomic E-state index is -0.524. The predicted molar refractivity (Wildman–Crippen MR) is 121 cm³/mol. The van der Waals surface area contributed by atoms with Gasteiger partial charge in [-0.15, -0.1) is 0 Å². The molecule has 156 valence electrons. The van der Waals surface area contributed by atoms with E-state index in [9.17, 15) is 14.7 Å². The Morgan fingerprint density at radius 2 is 1.77 bits per heavy atom. The molecule has 0 radical (unpaired) electrons. The van der Waals surface area contributed by atoms with E-state index in [0.29, 0.717) is 21.9 Å². The van der Waals surface area contributed by atoms with E-state index in [1.807, 2.05) is 0 Å². The Balaban J connectivity index is 1.81. The van der Waals surface area contributed by atoms with Gasteiger partial charge in [0.1, 0.15) is 11.6 Å². The standard InChI is InChI=1S/C23H19ClN4O3/c1-13(18-10-9-16(24)12-27-18)11-20(30)17-3-2-4-19(29)21(17)28-23(31)15-7-5-14(6-8-15)22(25)26/h2-10,12,29H,1,11H2,(H3,25,26)(H,28,31). The third-order valence-corrected chi connectivity index (χ3v) is 4.73. The van der Waals surface area contributed by atoms with Gasteiger partial charge in [-0.3, -0.25) is 20.0 Å². The zero-order chi connectivity index (χ0) is 22.5. The summed E-state index contributed by atoms with van der Waals surface area (Å²) < 4.78 is 0. The summed E-state index contributed by atoms with van der Waals surface area (Å²) in [5, 5.41) is 20.7. The molecule has 0 aliphatic heterocycles. The number of allylic oxidation sites excluding steroid dienone is 1. The molecule has 0 saturated carbocycles. The van der Waals surface area contributed by atoms with Crippen molar-refractivity contribution in [3.05, 3.63) is 94.8 Å². The van der Waals surface area contributed by atoms with Crippen LogP contribution in [0.2, 0.25) is 5.02 Å². The molecule has 3 rings (SSSR count). The Labute approximate surface area is 183 Å². The quantitative estimate of drug-likeness (QED) is 0.191. The first kappa shape index (κ1) is 21.7. The van der Waals surface area contributed by atoms with Crippen molar-refractivity contribution >= 4 is 40.4 Å². The minimum Gasteiger partial charge on any atom is -0.506 e. The SMILES string of the molecule is C=C(CC(=O)c1cccc(O)c1NC(=O)c1ccc(C(=N)N)cc1)c1ccc(Cl)cn1. The highest BCUT2D eigenvalue weighted by Gasteiger charge is 2.19. The van der Waals surface area contributed by atoms with E-state index in [0.717, 1.165) is 0 Å². The highest BCUT2D eigenvalue weighted by molar-refractivity contribution is 6.30. The number of carbonyl (C=O) groups is 2. The molecule has 0 aliphatic carbocycles. The molecule has 0 spiro atoms. The first-order chi connectivity index (χ1) is 14.8. The van der Waals surface area contributed by atoms with Gasteiger partial charge in [0.2, 0.25) is 0 Å². The van der Waals surface area contributed by atoms with Gasteiger partial charge < -0.3 is 16.2 Å². The number of amides is 1. The highest BCUT2D eigenvalue weighted by Crippen LogP contribution is 2.30. The number of phenols is 1. The normalized spacial score (nSPS) is 10.4. The van der Waals surface area contributed by atoms with Crippen LogP contribution in [0.25, 0.3) is 5.57 Å². The molecular weight excluding hydrogens is 416 g/mol. The van der Waals surface area contributed by atoms with Crippen molar-refractivity contribution in [3.63, 3.8) is 0 Å². The van der Waals surface area contributed by atoms with Gasteiger partial charge in [0.05, 0.1) is 16.4 Å².